The summed E-state index contributed by atoms with van der Waals surface area (Å²) in [6.07, 6.45) is 0.0913. The summed E-state index contributed by atoms with van der Waals surface area (Å²) in [5.41, 5.74) is 1.33. The molecule has 0 amide bonds. The third-order valence-electron chi connectivity index (χ3n) is 3.69. The van der Waals surface area contributed by atoms with Crippen molar-refractivity contribution in [2.24, 2.45) is 0 Å². The lowest BCUT2D eigenvalue weighted by Gasteiger charge is -2.29. The molecule has 3 heteroatoms. The second-order valence-electron chi connectivity index (χ2n) is 5.20. The minimum absolute atomic E-state index is 0.0913. The molecule has 2 N–H and O–H groups in total. The Balaban J connectivity index is 1.58. The molecule has 0 aromatic heterocycles. The summed E-state index contributed by atoms with van der Waals surface area (Å²) >= 11 is 0. The van der Waals surface area contributed by atoms with Crippen molar-refractivity contribution < 1.29 is 14.8 Å². The second-order valence-corrected chi connectivity index (χ2v) is 5.20. The van der Waals surface area contributed by atoms with Gasteiger partial charge in [0.25, 0.3) is 0 Å². The fraction of sp³-hybridized carbons (Fsp3) is 0.294. The Hall–Kier alpha value is -2.00. The van der Waals surface area contributed by atoms with Crippen molar-refractivity contribution in [3.05, 3.63) is 60.2 Å². The maximum Gasteiger partial charge on any atom is 0.184 e. The third kappa shape index (κ3) is 2.94. The van der Waals surface area contributed by atoms with E-state index in [0.29, 0.717) is 12.6 Å². The molecule has 1 aliphatic heterocycles. The Bertz CT molecular complexity index is 556. The van der Waals surface area contributed by atoms with E-state index in [9.17, 15) is 0 Å². The van der Waals surface area contributed by atoms with Crippen molar-refractivity contribution in [2.75, 3.05) is 6.61 Å². The average molecular weight is 270 g/mol. The molecular formula is C17H20NO2+. The van der Waals surface area contributed by atoms with Gasteiger partial charge in [-0.1, -0.05) is 42.5 Å². The van der Waals surface area contributed by atoms with Crippen molar-refractivity contribution in [1.29, 1.82) is 0 Å². The van der Waals surface area contributed by atoms with Crippen LogP contribution in [-0.2, 0) is 6.54 Å². The molecule has 2 aromatic rings. The Morgan fingerprint density at radius 3 is 2.55 bits per heavy atom. The summed E-state index contributed by atoms with van der Waals surface area (Å²) < 4.78 is 11.8. The predicted octanol–water partition coefficient (Wildman–Crippen LogP) is 1.98. The number of hydrogen-bond donors (Lipinski definition) is 1. The van der Waals surface area contributed by atoms with E-state index in [0.717, 1.165) is 18.0 Å². The largest absolute Gasteiger partial charge is 0.486 e. The van der Waals surface area contributed by atoms with Gasteiger partial charge in [-0.25, -0.2) is 0 Å². The number of fused-ring (bicyclic) bond motifs is 1. The molecule has 0 aliphatic carbocycles. The standard InChI is InChI=1S/C17H19NO2/c1-13(18-11-14-7-3-2-4-8-14)17-12-19-15-9-5-6-10-16(15)20-17/h2-10,13,17-18H,11-12H2,1H3/p+1/t13-,17-/m0/s1. The molecule has 20 heavy (non-hydrogen) atoms. The van der Waals surface area contributed by atoms with Gasteiger partial charge >= 0.3 is 0 Å². The molecule has 104 valence electrons. The van der Waals surface area contributed by atoms with E-state index in [4.69, 9.17) is 9.47 Å². The highest BCUT2D eigenvalue weighted by Crippen LogP contribution is 2.31. The monoisotopic (exact) mass is 270 g/mol. The minimum Gasteiger partial charge on any atom is -0.486 e. The minimum atomic E-state index is 0.0913. The lowest BCUT2D eigenvalue weighted by atomic mass is 10.1. The van der Waals surface area contributed by atoms with Crippen LogP contribution in [0.25, 0.3) is 0 Å². The summed E-state index contributed by atoms with van der Waals surface area (Å²) in [7, 11) is 0. The highest BCUT2D eigenvalue weighted by Gasteiger charge is 2.28. The number of hydrogen-bond acceptors (Lipinski definition) is 2. The van der Waals surface area contributed by atoms with Crippen LogP contribution in [0.1, 0.15) is 12.5 Å². The molecule has 0 fully saturated rings. The molecule has 3 rings (SSSR count). The zero-order chi connectivity index (χ0) is 13.8. The molecule has 0 radical (unpaired) electrons. The molecular weight excluding hydrogens is 250 g/mol. The summed E-state index contributed by atoms with van der Waals surface area (Å²) in [5.74, 6) is 1.70. The van der Waals surface area contributed by atoms with Gasteiger partial charge in [-0.3, -0.25) is 0 Å². The van der Waals surface area contributed by atoms with Gasteiger partial charge in [0.2, 0.25) is 0 Å². The zero-order valence-corrected chi connectivity index (χ0v) is 11.7. The summed E-state index contributed by atoms with van der Waals surface area (Å²) in [4.78, 5) is 0. The molecule has 0 unspecified atom stereocenters. The van der Waals surface area contributed by atoms with Crippen LogP contribution in [0.4, 0.5) is 0 Å². The van der Waals surface area contributed by atoms with E-state index in [1.165, 1.54) is 5.56 Å². The summed E-state index contributed by atoms with van der Waals surface area (Å²) in [5, 5.41) is 2.30. The first-order chi connectivity index (χ1) is 9.83. The van der Waals surface area contributed by atoms with Crippen LogP contribution >= 0.6 is 0 Å². The van der Waals surface area contributed by atoms with E-state index >= 15 is 0 Å². The molecule has 1 aliphatic rings. The number of nitrogens with two attached hydrogens (primary N) is 1. The van der Waals surface area contributed by atoms with E-state index in [1.807, 2.05) is 30.3 Å². The molecule has 3 nitrogen and oxygen atoms in total. The number of para-hydroxylation sites is 2. The van der Waals surface area contributed by atoms with E-state index in [1.54, 1.807) is 0 Å². The number of ether oxygens (including phenoxy) is 2. The van der Waals surface area contributed by atoms with Gasteiger partial charge in [0.15, 0.2) is 17.6 Å². The zero-order valence-electron chi connectivity index (χ0n) is 11.7. The van der Waals surface area contributed by atoms with Crippen LogP contribution < -0.4 is 14.8 Å². The molecule has 0 saturated heterocycles. The van der Waals surface area contributed by atoms with Crippen molar-refractivity contribution in [3.8, 4) is 11.5 Å². The van der Waals surface area contributed by atoms with E-state index in [2.05, 4.69) is 36.5 Å². The fourth-order valence-corrected chi connectivity index (χ4v) is 2.38. The Morgan fingerprint density at radius 2 is 1.75 bits per heavy atom. The maximum atomic E-state index is 6.03. The van der Waals surface area contributed by atoms with Gasteiger partial charge in [-0.05, 0) is 19.1 Å². The van der Waals surface area contributed by atoms with E-state index in [-0.39, 0.29) is 6.10 Å². The van der Waals surface area contributed by atoms with Crippen LogP contribution in [0, 0.1) is 0 Å². The lowest BCUT2D eigenvalue weighted by Crippen LogP contribution is -2.91. The van der Waals surface area contributed by atoms with Crippen molar-refractivity contribution in [3.63, 3.8) is 0 Å². The SMILES string of the molecule is C[C@H]([NH2+]Cc1ccccc1)[C@@H]1COc2ccccc2O1. The number of quaternary nitrogens is 1. The van der Waals surface area contributed by atoms with Crippen LogP contribution in [0.2, 0.25) is 0 Å². The molecule has 1 heterocycles. The molecule has 2 aromatic carbocycles. The molecule has 2 atom stereocenters. The first kappa shape index (κ1) is 13.0. The lowest BCUT2D eigenvalue weighted by molar-refractivity contribution is -0.707. The van der Waals surface area contributed by atoms with Crippen molar-refractivity contribution in [2.45, 2.75) is 25.6 Å². The molecule has 0 spiro atoms. The van der Waals surface area contributed by atoms with Gasteiger partial charge in [0.05, 0.1) is 0 Å². The maximum absolute atomic E-state index is 6.03. The Morgan fingerprint density at radius 1 is 1.05 bits per heavy atom. The highest BCUT2D eigenvalue weighted by molar-refractivity contribution is 5.40. The van der Waals surface area contributed by atoms with Crippen LogP contribution in [0.5, 0.6) is 11.5 Å². The smallest absolute Gasteiger partial charge is 0.184 e. The first-order valence-corrected chi connectivity index (χ1v) is 7.08. The van der Waals surface area contributed by atoms with Gasteiger partial charge in [-0.2, -0.15) is 0 Å². The van der Waals surface area contributed by atoms with Crippen LogP contribution in [-0.4, -0.2) is 18.8 Å². The Kier molecular flexibility index (Phi) is 3.88. The topological polar surface area (TPSA) is 35.1 Å². The first-order valence-electron chi connectivity index (χ1n) is 7.08. The molecule has 0 bridgehead atoms. The Labute approximate surface area is 119 Å². The average Bonchev–Trinajstić information content (AvgIpc) is 2.53. The second kappa shape index (κ2) is 5.97. The van der Waals surface area contributed by atoms with Gasteiger partial charge in [0.1, 0.15) is 19.2 Å². The van der Waals surface area contributed by atoms with Gasteiger partial charge in [-0.15, -0.1) is 0 Å². The number of benzene rings is 2. The van der Waals surface area contributed by atoms with Crippen LogP contribution in [0.15, 0.2) is 54.6 Å². The normalized spacial score (nSPS) is 18.6. The van der Waals surface area contributed by atoms with Crippen LogP contribution in [0.3, 0.4) is 0 Å². The summed E-state index contributed by atoms with van der Waals surface area (Å²) in [6.45, 7) is 3.76. The predicted molar refractivity (Wildman–Crippen MR) is 77.9 cm³/mol. The van der Waals surface area contributed by atoms with Gasteiger partial charge < -0.3 is 14.8 Å². The quantitative estimate of drug-likeness (QED) is 0.922. The van der Waals surface area contributed by atoms with Gasteiger partial charge in [0, 0.05) is 5.56 Å². The van der Waals surface area contributed by atoms with Crippen molar-refractivity contribution in [1.82, 2.24) is 0 Å². The fourth-order valence-electron chi connectivity index (χ4n) is 2.38. The summed E-state index contributed by atoms with van der Waals surface area (Å²) in [6, 6.07) is 18.7. The third-order valence-corrected chi connectivity index (χ3v) is 3.69. The highest BCUT2D eigenvalue weighted by atomic mass is 16.6. The van der Waals surface area contributed by atoms with E-state index < -0.39 is 0 Å². The number of rotatable bonds is 4. The van der Waals surface area contributed by atoms with Crippen molar-refractivity contribution >= 4 is 0 Å². The molecule has 0 saturated carbocycles.